The van der Waals surface area contributed by atoms with Crippen molar-refractivity contribution in [3.05, 3.63) is 65.2 Å². The Kier molecular flexibility index (Phi) is 6.01. The summed E-state index contributed by atoms with van der Waals surface area (Å²) >= 11 is 0. The highest BCUT2D eigenvalue weighted by Crippen LogP contribution is 2.28. The number of hydrogen-bond acceptors (Lipinski definition) is 5. The van der Waals surface area contributed by atoms with Crippen LogP contribution in [0, 0.1) is 0 Å². The maximum absolute atomic E-state index is 12.5. The molecule has 156 valence electrons. The van der Waals surface area contributed by atoms with Crippen molar-refractivity contribution < 1.29 is 23.9 Å². The quantitative estimate of drug-likeness (QED) is 0.541. The first-order valence-corrected chi connectivity index (χ1v) is 9.78. The molecule has 0 N–H and O–H groups in total. The molecule has 0 radical (unpaired) electrons. The van der Waals surface area contributed by atoms with Crippen molar-refractivity contribution in [2.75, 3.05) is 11.5 Å². The Balaban J connectivity index is 1.68. The average Bonchev–Trinajstić information content (AvgIpc) is 2.96. The summed E-state index contributed by atoms with van der Waals surface area (Å²) in [5.74, 6) is -1.72. The second-order valence-electron chi connectivity index (χ2n) is 7.60. The van der Waals surface area contributed by atoms with Crippen LogP contribution in [0.2, 0.25) is 0 Å². The number of amides is 3. The van der Waals surface area contributed by atoms with Crippen LogP contribution in [0.1, 0.15) is 58.8 Å². The Labute approximate surface area is 175 Å². The molecule has 1 heterocycles. The van der Waals surface area contributed by atoms with E-state index in [9.17, 15) is 19.2 Å². The van der Waals surface area contributed by atoms with Crippen molar-refractivity contribution in [2.45, 2.75) is 39.8 Å². The van der Waals surface area contributed by atoms with Crippen molar-refractivity contribution in [3.8, 4) is 0 Å². The number of carbonyl (C=O) groups is 4. The van der Waals surface area contributed by atoms with E-state index in [1.165, 1.54) is 24.3 Å². The molecule has 1 aliphatic heterocycles. The van der Waals surface area contributed by atoms with Crippen molar-refractivity contribution >= 4 is 29.4 Å². The molecule has 0 unspecified atom stereocenters. The summed E-state index contributed by atoms with van der Waals surface area (Å²) in [6.07, 6.45) is 0. The van der Waals surface area contributed by atoms with Crippen LogP contribution in [-0.2, 0) is 9.53 Å². The first kappa shape index (κ1) is 21.2. The van der Waals surface area contributed by atoms with E-state index in [2.05, 4.69) is 0 Å². The van der Waals surface area contributed by atoms with Crippen LogP contribution in [0.3, 0.4) is 0 Å². The van der Waals surface area contributed by atoms with Gasteiger partial charge in [0.25, 0.3) is 17.7 Å². The van der Waals surface area contributed by atoms with Gasteiger partial charge in [-0.05, 0) is 64.1 Å². The van der Waals surface area contributed by atoms with Gasteiger partial charge in [-0.15, -0.1) is 0 Å². The molecular weight excluding hydrogens is 384 g/mol. The summed E-state index contributed by atoms with van der Waals surface area (Å²) in [6, 6.07) is 12.6. The molecule has 3 rings (SSSR count). The first-order chi connectivity index (χ1) is 14.2. The Morgan fingerprint density at radius 2 is 1.37 bits per heavy atom. The predicted octanol–water partition coefficient (Wildman–Crippen LogP) is 3.29. The summed E-state index contributed by atoms with van der Waals surface area (Å²) in [6.45, 7) is 7.25. The number of rotatable bonds is 6. The van der Waals surface area contributed by atoms with Crippen LogP contribution in [0.4, 0.5) is 5.69 Å². The largest absolute Gasteiger partial charge is 0.452 e. The topological polar surface area (TPSA) is 84.0 Å². The van der Waals surface area contributed by atoms with Crippen LogP contribution < -0.4 is 4.90 Å². The highest BCUT2D eigenvalue weighted by atomic mass is 16.5. The van der Waals surface area contributed by atoms with E-state index >= 15 is 0 Å². The lowest BCUT2D eigenvalue weighted by atomic mass is 10.1. The van der Waals surface area contributed by atoms with Gasteiger partial charge in [-0.25, -0.2) is 9.69 Å². The molecule has 0 aliphatic carbocycles. The molecule has 1 aliphatic rings. The van der Waals surface area contributed by atoms with Crippen LogP contribution >= 0.6 is 0 Å². The van der Waals surface area contributed by atoms with Gasteiger partial charge in [-0.3, -0.25) is 14.4 Å². The van der Waals surface area contributed by atoms with Gasteiger partial charge in [0, 0.05) is 12.1 Å². The van der Waals surface area contributed by atoms with Gasteiger partial charge in [0.05, 0.1) is 22.4 Å². The molecule has 7 nitrogen and oxygen atoms in total. The SMILES string of the molecule is CC(C)N(C(=O)COC(=O)c1ccc(N2C(=O)c3ccccc3C2=O)cc1)C(C)C. The van der Waals surface area contributed by atoms with Gasteiger partial charge in [-0.1, -0.05) is 12.1 Å². The lowest BCUT2D eigenvalue weighted by Crippen LogP contribution is -2.44. The monoisotopic (exact) mass is 408 g/mol. The van der Waals surface area contributed by atoms with E-state index in [-0.39, 0.29) is 30.2 Å². The van der Waals surface area contributed by atoms with Gasteiger partial charge in [0.1, 0.15) is 0 Å². The summed E-state index contributed by atoms with van der Waals surface area (Å²) < 4.78 is 5.15. The number of nitrogens with zero attached hydrogens (tertiary/aromatic N) is 2. The number of benzene rings is 2. The minimum atomic E-state index is -0.648. The molecule has 0 atom stereocenters. The van der Waals surface area contributed by atoms with E-state index in [0.717, 1.165) is 4.90 Å². The second kappa shape index (κ2) is 8.49. The number of anilines is 1. The number of ether oxygens (including phenoxy) is 1. The van der Waals surface area contributed by atoms with Crippen molar-refractivity contribution in [2.24, 2.45) is 0 Å². The lowest BCUT2D eigenvalue weighted by Gasteiger charge is -2.30. The molecule has 0 saturated carbocycles. The summed E-state index contributed by atoms with van der Waals surface area (Å²) in [5, 5.41) is 0. The first-order valence-electron chi connectivity index (χ1n) is 9.78. The number of carbonyl (C=O) groups excluding carboxylic acids is 4. The average molecular weight is 408 g/mol. The molecule has 30 heavy (non-hydrogen) atoms. The zero-order valence-corrected chi connectivity index (χ0v) is 17.4. The standard InChI is InChI=1S/C23H24N2O5/c1-14(2)24(15(3)4)20(26)13-30-23(29)16-9-11-17(12-10-16)25-21(27)18-7-5-6-8-19(18)22(25)28/h5-12,14-15H,13H2,1-4H3. The molecule has 0 fully saturated rings. The fraction of sp³-hybridized carbons (Fsp3) is 0.304. The lowest BCUT2D eigenvalue weighted by molar-refractivity contribution is -0.138. The number of imide groups is 1. The summed E-state index contributed by atoms with van der Waals surface area (Å²) in [5.41, 5.74) is 1.29. The Morgan fingerprint density at radius 3 is 1.83 bits per heavy atom. The minimum absolute atomic E-state index is 0.00450. The molecule has 0 bridgehead atoms. The zero-order valence-electron chi connectivity index (χ0n) is 17.4. The Bertz CT molecular complexity index is 952. The van der Waals surface area contributed by atoms with E-state index in [1.807, 2.05) is 27.7 Å². The van der Waals surface area contributed by atoms with E-state index < -0.39 is 17.8 Å². The molecular formula is C23H24N2O5. The summed E-state index contributed by atoms with van der Waals surface area (Å²) in [7, 11) is 0. The van der Waals surface area contributed by atoms with E-state index in [4.69, 9.17) is 4.74 Å². The highest BCUT2D eigenvalue weighted by Gasteiger charge is 2.36. The third-order valence-corrected chi connectivity index (χ3v) is 4.88. The van der Waals surface area contributed by atoms with Crippen LogP contribution in [-0.4, -0.2) is 47.3 Å². The smallest absolute Gasteiger partial charge is 0.338 e. The number of esters is 1. The van der Waals surface area contributed by atoms with Gasteiger partial charge < -0.3 is 9.64 Å². The van der Waals surface area contributed by atoms with Gasteiger partial charge in [0.2, 0.25) is 0 Å². The van der Waals surface area contributed by atoms with Gasteiger partial charge >= 0.3 is 5.97 Å². The maximum Gasteiger partial charge on any atom is 0.338 e. The molecule has 0 spiro atoms. The fourth-order valence-corrected chi connectivity index (χ4v) is 3.63. The Hall–Kier alpha value is -3.48. The predicted molar refractivity (Wildman–Crippen MR) is 111 cm³/mol. The van der Waals surface area contributed by atoms with Crippen molar-refractivity contribution in [1.29, 1.82) is 0 Å². The number of hydrogen-bond donors (Lipinski definition) is 0. The Morgan fingerprint density at radius 1 is 0.867 bits per heavy atom. The third kappa shape index (κ3) is 3.96. The normalized spacial score (nSPS) is 13.1. The van der Waals surface area contributed by atoms with Crippen LogP contribution in [0.5, 0.6) is 0 Å². The van der Waals surface area contributed by atoms with Crippen molar-refractivity contribution in [3.63, 3.8) is 0 Å². The van der Waals surface area contributed by atoms with Crippen LogP contribution in [0.15, 0.2) is 48.5 Å². The molecule has 7 heteroatoms. The second-order valence-corrected chi connectivity index (χ2v) is 7.60. The van der Waals surface area contributed by atoms with Crippen LogP contribution in [0.25, 0.3) is 0 Å². The van der Waals surface area contributed by atoms with Crippen molar-refractivity contribution in [1.82, 2.24) is 4.90 Å². The molecule has 2 aromatic rings. The molecule has 0 aromatic heterocycles. The highest BCUT2D eigenvalue weighted by molar-refractivity contribution is 6.34. The molecule has 0 saturated heterocycles. The fourth-order valence-electron chi connectivity index (χ4n) is 3.63. The molecule has 3 amide bonds. The summed E-state index contributed by atoms with van der Waals surface area (Å²) in [4.78, 5) is 52.5. The van der Waals surface area contributed by atoms with Gasteiger partial charge in [0.15, 0.2) is 6.61 Å². The van der Waals surface area contributed by atoms with E-state index in [1.54, 1.807) is 29.2 Å². The third-order valence-electron chi connectivity index (χ3n) is 4.88. The maximum atomic E-state index is 12.5. The van der Waals surface area contributed by atoms with Gasteiger partial charge in [-0.2, -0.15) is 0 Å². The van der Waals surface area contributed by atoms with E-state index in [0.29, 0.717) is 16.8 Å². The minimum Gasteiger partial charge on any atom is -0.452 e. The number of fused-ring (bicyclic) bond motifs is 1. The zero-order chi connectivity index (χ0) is 22.0. The molecule has 2 aromatic carbocycles.